The first-order valence-corrected chi connectivity index (χ1v) is 4.72. The van der Waals surface area contributed by atoms with Gasteiger partial charge in [0.1, 0.15) is 6.61 Å². The van der Waals surface area contributed by atoms with Gasteiger partial charge in [-0.05, 0) is 18.1 Å². The Balaban J connectivity index is 2.13. The molecule has 0 bridgehead atoms. The number of benzene rings is 1. The summed E-state index contributed by atoms with van der Waals surface area (Å²) in [6.07, 6.45) is 4.28. The van der Waals surface area contributed by atoms with E-state index in [1.807, 2.05) is 36.4 Å². The van der Waals surface area contributed by atoms with E-state index in [2.05, 4.69) is 0 Å². The van der Waals surface area contributed by atoms with Crippen LogP contribution in [0.3, 0.4) is 0 Å². The number of hydrogen-bond acceptors (Lipinski definition) is 2. The van der Waals surface area contributed by atoms with Crippen molar-refractivity contribution in [2.45, 2.75) is 12.5 Å². The number of carbonyl (C=O) groups excluding carboxylic acids is 1. The number of ketones is 1. The summed E-state index contributed by atoms with van der Waals surface area (Å²) in [6.45, 7) is 0.191. The minimum atomic E-state index is 0.0268. The molecule has 2 rings (SSSR count). The van der Waals surface area contributed by atoms with E-state index < -0.39 is 0 Å². The van der Waals surface area contributed by atoms with E-state index in [1.165, 1.54) is 0 Å². The van der Waals surface area contributed by atoms with Gasteiger partial charge in [-0.25, -0.2) is 0 Å². The molecule has 1 aliphatic rings. The summed E-state index contributed by atoms with van der Waals surface area (Å²) in [4.78, 5) is 11.0. The van der Waals surface area contributed by atoms with Crippen LogP contribution in [0, 0.1) is 0 Å². The summed E-state index contributed by atoms with van der Waals surface area (Å²) in [5.74, 6) is 0.0448. The van der Waals surface area contributed by atoms with Crippen LogP contribution in [-0.4, -0.2) is 12.4 Å². The number of carbonyl (C=O) groups is 1. The lowest BCUT2D eigenvalue weighted by Crippen LogP contribution is -2.07. The Morgan fingerprint density at radius 3 is 2.79 bits per heavy atom. The number of ether oxygens (including phenoxy) is 1. The fourth-order valence-electron chi connectivity index (χ4n) is 1.52. The Bertz CT molecular complexity index is 341. The van der Waals surface area contributed by atoms with Gasteiger partial charge in [0, 0.05) is 0 Å². The van der Waals surface area contributed by atoms with Crippen molar-refractivity contribution in [3.8, 4) is 0 Å². The van der Waals surface area contributed by atoms with Crippen molar-refractivity contribution < 1.29 is 9.53 Å². The molecule has 0 fully saturated rings. The first-order chi connectivity index (χ1) is 6.86. The quantitative estimate of drug-likeness (QED) is 0.675. The third-order valence-corrected chi connectivity index (χ3v) is 2.25. The molecule has 1 heterocycles. The summed E-state index contributed by atoms with van der Waals surface area (Å²) >= 11 is 0. The van der Waals surface area contributed by atoms with Gasteiger partial charge in [-0.2, -0.15) is 0 Å². The molecule has 1 aromatic carbocycles. The van der Waals surface area contributed by atoms with Crippen molar-refractivity contribution in [2.75, 3.05) is 6.61 Å². The van der Waals surface area contributed by atoms with E-state index in [-0.39, 0.29) is 18.5 Å². The highest BCUT2D eigenvalue weighted by Crippen LogP contribution is 2.22. The monoisotopic (exact) mass is 188 g/mol. The maximum atomic E-state index is 11.0. The molecular formula is C12H12O2. The van der Waals surface area contributed by atoms with Gasteiger partial charge in [0.25, 0.3) is 0 Å². The van der Waals surface area contributed by atoms with Gasteiger partial charge in [0.15, 0.2) is 5.78 Å². The normalized spacial score (nSPS) is 22.0. The first kappa shape index (κ1) is 9.16. The van der Waals surface area contributed by atoms with Crippen LogP contribution in [0.1, 0.15) is 18.1 Å². The third kappa shape index (κ3) is 2.09. The smallest absolute Gasteiger partial charge is 0.180 e. The Kier molecular flexibility index (Phi) is 2.75. The standard InChI is InChI=1S/C12H12O2/c13-11-7-4-8-12(14-9-11)10-5-2-1-3-6-10/h1-7,12H,8-9H2. The van der Waals surface area contributed by atoms with Gasteiger partial charge in [0.2, 0.25) is 0 Å². The lowest BCUT2D eigenvalue weighted by molar-refractivity contribution is -0.120. The molecule has 1 atom stereocenters. The van der Waals surface area contributed by atoms with Crippen LogP contribution < -0.4 is 0 Å². The van der Waals surface area contributed by atoms with Gasteiger partial charge in [-0.15, -0.1) is 0 Å². The van der Waals surface area contributed by atoms with E-state index in [1.54, 1.807) is 6.08 Å². The second-order valence-corrected chi connectivity index (χ2v) is 3.31. The minimum absolute atomic E-state index is 0.0268. The summed E-state index contributed by atoms with van der Waals surface area (Å²) in [5.41, 5.74) is 1.13. The lowest BCUT2D eigenvalue weighted by Gasteiger charge is -2.13. The summed E-state index contributed by atoms with van der Waals surface area (Å²) in [7, 11) is 0. The molecule has 0 radical (unpaired) electrons. The van der Waals surface area contributed by atoms with Gasteiger partial charge in [-0.1, -0.05) is 36.4 Å². The van der Waals surface area contributed by atoms with E-state index >= 15 is 0 Å². The minimum Gasteiger partial charge on any atom is -0.365 e. The Hall–Kier alpha value is -1.41. The predicted octanol–water partition coefficient (Wildman–Crippen LogP) is 2.27. The SMILES string of the molecule is O=C1C=CCC(c2ccccc2)OC1. The molecule has 0 saturated carbocycles. The summed E-state index contributed by atoms with van der Waals surface area (Å²) < 4.78 is 5.49. The summed E-state index contributed by atoms with van der Waals surface area (Å²) in [6, 6.07) is 9.98. The van der Waals surface area contributed by atoms with Gasteiger partial charge in [0.05, 0.1) is 6.10 Å². The molecule has 0 aromatic heterocycles. The van der Waals surface area contributed by atoms with Crippen LogP contribution in [0.5, 0.6) is 0 Å². The Labute approximate surface area is 83.2 Å². The molecule has 1 unspecified atom stereocenters. The van der Waals surface area contributed by atoms with Crippen LogP contribution >= 0.6 is 0 Å². The maximum absolute atomic E-state index is 11.0. The topological polar surface area (TPSA) is 26.3 Å². The fraction of sp³-hybridized carbons (Fsp3) is 0.250. The average Bonchev–Trinajstić information content (AvgIpc) is 2.44. The van der Waals surface area contributed by atoms with Crippen molar-refractivity contribution in [3.63, 3.8) is 0 Å². The highest BCUT2D eigenvalue weighted by Gasteiger charge is 2.14. The molecule has 0 saturated heterocycles. The molecule has 2 nitrogen and oxygen atoms in total. The van der Waals surface area contributed by atoms with Crippen LogP contribution in [0.15, 0.2) is 42.5 Å². The fourth-order valence-corrected chi connectivity index (χ4v) is 1.52. The van der Waals surface area contributed by atoms with Crippen LogP contribution in [0.4, 0.5) is 0 Å². The Morgan fingerprint density at radius 2 is 2.00 bits per heavy atom. The molecule has 0 N–H and O–H groups in total. The second kappa shape index (κ2) is 4.20. The largest absolute Gasteiger partial charge is 0.365 e. The van der Waals surface area contributed by atoms with Gasteiger partial charge < -0.3 is 4.74 Å². The van der Waals surface area contributed by atoms with E-state index in [0.717, 1.165) is 12.0 Å². The summed E-state index contributed by atoms with van der Waals surface area (Å²) in [5, 5.41) is 0. The molecule has 1 aliphatic heterocycles. The maximum Gasteiger partial charge on any atom is 0.180 e. The van der Waals surface area contributed by atoms with Gasteiger partial charge in [-0.3, -0.25) is 4.79 Å². The molecular weight excluding hydrogens is 176 g/mol. The number of hydrogen-bond donors (Lipinski definition) is 0. The van der Waals surface area contributed by atoms with Crippen LogP contribution in [-0.2, 0) is 9.53 Å². The zero-order chi connectivity index (χ0) is 9.80. The van der Waals surface area contributed by atoms with Crippen molar-refractivity contribution in [1.29, 1.82) is 0 Å². The molecule has 1 aromatic rings. The van der Waals surface area contributed by atoms with Gasteiger partial charge >= 0.3 is 0 Å². The van der Waals surface area contributed by atoms with Crippen molar-refractivity contribution in [1.82, 2.24) is 0 Å². The molecule has 0 spiro atoms. The van der Waals surface area contributed by atoms with E-state index in [9.17, 15) is 4.79 Å². The zero-order valence-electron chi connectivity index (χ0n) is 7.85. The molecule has 2 heteroatoms. The lowest BCUT2D eigenvalue weighted by atomic mass is 10.1. The van der Waals surface area contributed by atoms with E-state index in [0.29, 0.717) is 0 Å². The average molecular weight is 188 g/mol. The Morgan fingerprint density at radius 1 is 1.21 bits per heavy atom. The second-order valence-electron chi connectivity index (χ2n) is 3.31. The van der Waals surface area contributed by atoms with Crippen molar-refractivity contribution in [2.24, 2.45) is 0 Å². The molecule has 14 heavy (non-hydrogen) atoms. The third-order valence-electron chi connectivity index (χ3n) is 2.25. The number of rotatable bonds is 1. The molecule has 72 valence electrons. The molecule has 0 aliphatic carbocycles. The van der Waals surface area contributed by atoms with Crippen LogP contribution in [0.2, 0.25) is 0 Å². The first-order valence-electron chi connectivity index (χ1n) is 4.72. The molecule has 0 amide bonds. The predicted molar refractivity (Wildman–Crippen MR) is 53.9 cm³/mol. The highest BCUT2D eigenvalue weighted by atomic mass is 16.5. The van der Waals surface area contributed by atoms with Crippen molar-refractivity contribution in [3.05, 3.63) is 48.0 Å². The van der Waals surface area contributed by atoms with E-state index in [4.69, 9.17) is 4.74 Å². The van der Waals surface area contributed by atoms with Crippen molar-refractivity contribution >= 4 is 5.78 Å². The zero-order valence-corrected chi connectivity index (χ0v) is 7.85. The highest BCUT2D eigenvalue weighted by molar-refractivity contribution is 5.90. The van der Waals surface area contributed by atoms with Crippen LogP contribution in [0.25, 0.3) is 0 Å².